The molecule has 0 saturated heterocycles. The summed E-state index contributed by atoms with van der Waals surface area (Å²) < 4.78 is 5.55. The summed E-state index contributed by atoms with van der Waals surface area (Å²) in [7, 11) is 3.68. The minimum Gasteiger partial charge on any atom is -0.445 e. The fraction of sp³-hybridized carbons (Fsp3) is 0.308. The van der Waals surface area contributed by atoms with Gasteiger partial charge >= 0.3 is 0 Å². The molecule has 0 saturated carbocycles. The van der Waals surface area contributed by atoms with Gasteiger partial charge in [0.25, 0.3) is 0 Å². The van der Waals surface area contributed by atoms with Crippen molar-refractivity contribution in [3.05, 3.63) is 30.3 Å². The van der Waals surface area contributed by atoms with Crippen molar-refractivity contribution in [2.24, 2.45) is 0 Å². The van der Waals surface area contributed by atoms with Gasteiger partial charge in [-0.15, -0.1) is 0 Å². The Morgan fingerprint density at radius 1 is 1.26 bits per heavy atom. The molecule has 0 aliphatic rings. The van der Waals surface area contributed by atoms with E-state index in [-0.39, 0.29) is 6.54 Å². The number of anilines is 3. The number of aromatic nitrogens is 2. The lowest BCUT2D eigenvalue weighted by Gasteiger charge is -2.18. The summed E-state index contributed by atoms with van der Waals surface area (Å²) >= 11 is 0. The summed E-state index contributed by atoms with van der Waals surface area (Å²) in [6, 6.07) is 7.68. The Bertz CT molecular complexity index is 601. The molecule has 0 bridgehead atoms. The van der Waals surface area contributed by atoms with Crippen molar-refractivity contribution >= 4 is 17.5 Å². The Balaban J connectivity index is 2.26. The molecule has 2 rings (SSSR count). The van der Waals surface area contributed by atoms with Crippen molar-refractivity contribution in [1.82, 2.24) is 9.97 Å². The first-order valence-corrected chi connectivity index (χ1v) is 5.82. The Hall–Kier alpha value is -2.55. The highest BCUT2D eigenvalue weighted by Gasteiger charge is 2.11. The highest BCUT2D eigenvalue weighted by atomic mass is 16.4. The van der Waals surface area contributed by atoms with Crippen LogP contribution in [0.4, 0.5) is 17.5 Å². The molecule has 2 heterocycles. The van der Waals surface area contributed by atoms with Gasteiger partial charge < -0.3 is 9.32 Å². The molecular formula is C13H15N5O. The number of aryl methyl sites for hydroxylation is 1. The summed E-state index contributed by atoms with van der Waals surface area (Å²) in [6.07, 6.45) is 1.48. The van der Waals surface area contributed by atoms with Gasteiger partial charge in [0.15, 0.2) is 0 Å². The molecule has 6 nitrogen and oxygen atoms in total. The van der Waals surface area contributed by atoms with Gasteiger partial charge in [0.2, 0.25) is 5.88 Å². The molecule has 0 aliphatic heterocycles. The molecule has 0 fully saturated rings. The largest absolute Gasteiger partial charge is 0.445 e. The molecule has 0 atom stereocenters. The normalized spacial score (nSPS) is 10.0. The van der Waals surface area contributed by atoms with Crippen LogP contribution in [0.3, 0.4) is 0 Å². The average molecular weight is 257 g/mol. The number of nitrogens with zero attached hydrogens (tertiary/aromatic N) is 5. The summed E-state index contributed by atoms with van der Waals surface area (Å²) in [5.74, 6) is 2.97. The quantitative estimate of drug-likeness (QED) is 0.781. The van der Waals surface area contributed by atoms with Crippen LogP contribution in [-0.2, 0) is 0 Å². The predicted octanol–water partition coefficient (Wildman–Crippen LogP) is 2.11. The molecule has 2 aromatic heterocycles. The zero-order chi connectivity index (χ0) is 13.8. The maximum Gasteiger partial charge on any atom is 0.200 e. The molecular weight excluding hydrogens is 242 g/mol. The van der Waals surface area contributed by atoms with Crippen molar-refractivity contribution in [1.29, 1.82) is 5.26 Å². The predicted molar refractivity (Wildman–Crippen MR) is 72.4 cm³/mol. The van der Waals surface area contributed by atoms with E-state index in [0.29, 0.717) is 17.5 Å². The third kappa shape index (κ3) is 2.83. The van der Waals surface area contributed by atoms with Crippen molar-refractivity contribution in [2.45, 2.75) is 6.92 Å². The van der Waals surface area contributed by atoms with E-state index in [4.69, 9.17) is 9.68 Å². The summed E-state index contributed by atoms with van der Waals surface area (Å²) in [4.78, 5) is 11.9. The Morgan fingerprint density at radius 2 is 2.00 bits per heavy atom. The van der Waals surface area contributed by atoms with Crippen LogP contribution in [0.25, 0.3) is 0 Å². The molecule has 0 aromatic carbocycles. The lowest BCUT2D eigenvalue weighted by Crippen LogP contribution is -2.19. The summed E-state index contributed by atoms with van der Waals surface area (Å²) in [5, 5.41) is 8.70. The van der Waals surface area contributed by atoms with Crippen LogP contribution in [0, 0.1) is 18.3 Å². The van der Waals surface area contributed by atoms with Gasteiger partial charge in [0.05, 0.1) is 6.07 Å². The topological polar surface area (TPSA) is 69.2 Å². The SMILES string of the molecule is Cc1ccc(N(C)c2cc(N(C)CC#N)ncn2)o1. The van der Waals surface area contributed by atoms with Crippen LogP contribution in [0.15, 0.2) is 28.9 Å². The fourth-order valence-electron chi connectivity index (χ4n) is 1.63. The number of hydrogen-bond donors (Lipinski definition) is 0. The number of nitriles is 1. The monoisotopic (exact) mass is 257 g/mol. The molecule has 2 aromatic rings. The second-order valence-electron chi connectivity index (χ2n) is 4.19. The van der Waals surface area contributed by atoms with E-state index in [2.05, 4.69) is 16.0 Å². The highest BCUT2D eigenvalue weighted by Crippen LogP contribution is 2.25. The van der Waals surface area contributed by atoms with Gasteiger partial charge in [-0.3, -0.25) is 4.90 Å². The smallest absolute Gasteiger partial charge is 0.200 e. The van der Waals surface area contributed by atoms with E-state index in [1.807, 2.05) is 44.1 Å². The van der Waals surface area contributed by atoms with Crippen molar-refractivity contribution in [3.63, 3.8) is 0 Å². The first-order valence-electron chi connectivity index (χ1n) is 5.82. The first-order chi connectivity index (χ1) is 9.11. The lowest BCUT2D eigenvalue weighted by atomic mass is 10.4. The number of rotatable bonds is 4. The number of hydrogen-bond acceptors (Lipinski definition) is 6. The van der Waals surface area contributed by atoms with Gasteiger partial charge in [-0.25, -0.2) is 9.97 Å². The van der Waals surface area contributed by atoms with E-state index in [1.54, 1.807) is 4.90 Å². The first kappa shape index (κ1) is 12.9. The second-order valence-corrected chi connectivity index (χ2v) is 4.19. The lowest BCUT2D eigenvalue weighted by molar-refractivity contribution is 0.537. The van der Waals surface area contributed by atoms with Gasteiger partial charge in [0, 0.05) is 26.2 Å². The van der Waals surface area contributed by atoms with Gasteiger partial charge in [-0.05, 0) is 13.0 Å². The zero-order valence-corrected chi connectivity index (χ0v) is 11.2. The maximum absolute atomic E-state index is 8.70. The van der Waals surface area contributed by atoms with Crippen LogP contribution in [0.2, 0.25) is 0 Å². The Kier molecular flexibility index (Phi) is 3.66. The highest BCUT2D eigenvalue weighted by molar-refractivity contribution is 5.57. The van der Waals surface area contributed by atoms with Crippen LogP contribution < -0.4 is 9.80 Å². The number of furan rings is 1. The van der Waals surface area contributed by atoms with E-state index in [9.17, 15) is 0 Å². The van der Waals surface area contributed by atoms with Crippen LogP contribution in [-0.4, -0.2) is 30.6 Å². The van der Waals surface area contributed by atoms with Crippen molar-refractivity contribution < 1.29 is 4.42 Å². The van der Waals surface area contributed by atoms with E-state index in [1.165, 1.54) is 6.33 Å². The molecule has 0 radical (unpaired) electrons. The molecule has 0 amide bonds. The molecule has 6 heteroatoms. The molecule has 98 valence electrons. The Morgan fingerprint density at radius 3 is 2.63 bits per heavy atom. The third-order valence-corrected chi connectivity index (χ3v) is 2.74. The average Bonchev–Trinajstić information content (AvgIpc) is 2.85. The minimum atomic E-state index is 0.278. The zero-order valence-electron chi connectivity index (χ0n) is 11.2. The van der Waals surface area contributed by atoms with E-state index < -0.39 is 0 Å². The second kappa shape index (κ2) is 5.40. The molecule has 0 unspecified atom stereocenters. The van der Waals surface area contributed by atoms with E-state index >= 15 is 0 Å². The molecule has 0 spiro atoms. The van der Waals surface area contributed by atoms with Crippen LogP contribution in [0.5, 0.6) is 0 Å². The molecule has 0 N–H and O–H groups in total. The molecule has 0 aliphatic carbocycles. The van der Waals surface area contributed by atoms with Gasteiger partial charge in [-0.1, -0.05) is 0 Å². The van der Waals surface area contributed by atoms with Crippen molar-refractivity contribution in [3.8, 4) is 6.07 Å². The third-order valence-electron chi connectivity index (χ3n) is 2.74. The van der Waals surface area contributed by atoms with Crippen LogP contribution >= 0.6 is 0 Å². The van der Waals surface area contributed by atoms with Gasteiger partial charge in [0.1, 0.15) is 30.3 Å². The van der Waals surface area contributed by atoms with Gasteiger partial charge in [-0.2, -0.15) is 5.26 Å². The summed E-state index contributed by atoms with van der Waals surface area (Å²) in [6.45, 7) is 2.17. The van der Waals surface area contributed by atoms with Crippen LogP contribution in [0.1, 0.15) is 5.76 Å². The fourth-order valence-corrected chi connectivity index (χ4v) is 1.63. The van der Waals surface area contributed by atoms with E-state index in [0.717, 1.165) is 5.76 Å². The Labute approximate surface area is 111 Å². The molecule has 19 heavy (non-hydrogen) atoms. The standard InChI is InChI=1S/C13H15N5O/c1-10-4-5-13(19-10)18(3)12-8-11(15-9-16-12)17(2)7-6-14/h4-5,8-9H,7H2,1-3H3. The maximum atomic E-state index is 8.70. The van der Waals surface area contributed by atoms with Crippen molar-refractivity contribution in [2.75, 3.05) is 30.4 Å². The minimum absolute atomic E-state index is 0.278. The summed E-state index contributed by atoms with van der Waals surface area (Å²) in [5.41, 5.74) is 0.